The Labute approximate surface area is 113 Å². The molecular weight excluding hydrogens is 242 g/mol. The van der Waals surface area contributed by atoms with Gasteiger partial charge in [0.2, 0.25) is 0 Å². The van der Waals surface area contributed by atoms with E-state index >= 15 is 0 Å². The van der Waals surface area contributed by atoms with Gasteiger partial charge in [-0.15, -0.1) is 0 Å². The fraction of sp³-hybridized carbons (Fsp3) is 0.467. The summed E-state index contributed by atoms with van der Waals surface area (Å²) in [4.78, 5) is 24.4. The van der Waals surface area contributed by atoms with Crippen LogP contribution < -0.4 is 0 Å². The molecule has 0 saturated heterocycles. The number of rotatable bonds is 4. The Morgan fingerprint density at radius 2 is 2.05 bits per heavy atom. The summed E-state index contributed by atoms with van der Waals surface area (Å²) in [7, 11) is 0. The molecule has 0 spiro atoms. The maximum absolute atomic E-state index is 11.2. The second-order valence-corrected chi connectivity index (χ2v) is 5.77. The van der Waals surface area contributed by atoms with Crippen molar-refractivity contribution in [1.82, 2.24) is 4.90 Å². The van der Waals surface area contributed by atoms with E-state index in [0.717, 1.165) is 6.29 Å². The lowest BCUT2D eigenvalue weighted by Gasteiger charge is -2.37. The minimum Gasteiger partial charge on any atom is -0.481 e. The van der Waals surface area contributed by atoms with Crippen LogP contribution in [0.1, 0.15) is 25.0 Å². The number of carboxylic acid groups (broad SMARTS) is 1. The summed E-state index contributed by atoms with van der Waals surface area (Å²) in [6.45, 7) is 4.39. The van der Waals surface area contributed by atoms with E-state index in [1.54, 1.807) is 13.8 Å². The van der Waals surface area contributed by atoms with E-state index in [0.29, 0.717) is 19.5 Å². The molecule has 4 nitrogen and oxygen atoms in total. The van der Waals surface area contributed by atoms with Gasteiger partial charge in [-0.1, -0.05) is 24.3 Å². The average molecular weight is 261 g/mol. The zero-order valence-corrected chi connectivity index (χ0v) is 11.3. The molecule has 4 heteroatoms. The van der Waals surface area contributed by atoms with Gasteiger partial charge in [0, 0.05) is 13.1 Å². The maximum atomic E-state index is 11.2. The number of benzene rings is 1. The molecular formula is C15H19NO3. The van der Waals surface area contributed by atoms with E-state index in [1.165, 1.54) is 11.1 Å². The third-order valence-corrected chi connectivity index (χ3v) is 3.72. The van der Waals surface area contributed by atoms with Crippen molar-refractivity contribution in [3.05, 3.63) is 35.4 Å². The smallest absolute Gasteiger partial charge is 0.310 e. The van der Waals surface area contributed by atoms with E-state index in [-0.39, 0.29) is 6.04 Å². The van der Waals surface area contributed by atoms with E-state index in [9.17, 15) is 14.7 Å². The Balaban J connectivity index is 2.22. The number of aliphatic carboxylic acids is 1. The summed E-state index contributed by atoms with van der Waals surface area (Å²) in [5.41, 5.74) is 1.51. The maximum Gasteiger partial charge on any atom is 0.310 e. The lowest BCUT2D eigenvalue weighted by atomic mass is 9.88. The summed E-state index contributed by atoms with van der Waals surface area (Å²) < 4.78 is 0. The highest BCUT2D eigenvalue weighted by Gasteiger charge is 2.34. The van der Waals surface area contributed by atoms with Crippen LogP contribution in [0, 0.1) is 5.41 Å². The van der Waals surface area contributed by atoms with Crippen LogP contribution in [0.4, 0.5) is 0 Å². The van der Waals surface area contributed by atoms with Crippen LogP contribution in [0.25, 0.3) is 0 Å². The summed E-state index contributed by atoms with van der Waals surface area (Å²) in [6, 6.07) is 7.79. The normalized spacial score (nSPS) is 19.8. The molecule has 102 valence electrons. The first-order chi connectivity index (χ1) is 8.94. The zero-order chi connectivity index (χ0) is 14.0. The molecule has 1 N–H and O–H groups in total. The summed E-state index contributed by atoms with van der Waals surface area (Å²) >= 11 is 0. The van der Waals surface area contributed by atoms with Crippen molar-refractivity contribution in [3.8, 4) is 0 Å². The van der Waals surface area contributed by atoms with Crippen molar-refractivity contribution in [2.75, 3.05) is 6.54 Å². The van der Waals surface area contributed by atoms with Gasteiger partial charge in [-0.2, -0.15) is 0 Å². The lowest BCUT2D eigenvalue weighted by Crippen LogP contribution is -2.47. The first kappa shape index (κ1) is 13.7. The van der Waals surface area contributed by atoms with Crippen LogP contribution in [0.2, 0.25) is 0 Å². The van der Waals surface area contributed by atoms with Crippen LogP contribution >= 0.6 is 0 Å². The van der Waals surface area contributed by atoms with E-state index in [1.807, 2.05) is 29.2 Å². The van der Waals surface area contributed by atoms with Gasteiger partial charge in [0.15, 0.2) is 0 Å². The van der Waals surface area contributed by atoms with Gasteiger partial charge >= 0.3 is 5.97 Å². The fourth-order valence-corrected chi connectivity index (χ4v) is 2.48. The number of carbonyl (C=O) groups is 2. The Morgan fingerprint density at radius 3 is 2.63 bits per heavy atom. The topological polar surface area (TPSA) is 57.6 Å². The quantitative estimate of drug-likeness (QED) is 0.838. The van der Waals surface area contributed by atoms with Gasteiger partial charge in [-0.3, -0.25) is 9.69 Å². The fourth-order valence-electron chi connectivity index (χ4n) is 2.48. The molecule has 0 aromatic heterocycles. The molecule has 1 atom stereocenters. The molecule has 1 aliphatic heterocycles. The van der Waals surface area contributed by atoms with Crippen LogP contribution in [0.5, 0.6) is 0 Å². The van der Waals surface area contributed by atoms with Crippen molar-refractivity contribution in [3.63, 3.8) is 0 Å². The molecule has 2 rings (SSSR count). The molecule has 0 fully saturated rings. The van der Waals surface area contributed by atoms with Crippen molar-refractivity contribution in [2.24, 2.45) is 5.41 Å². The highest BCUT2D eigenvalue weighted by atomic mass is 16.4. The van der Waals surface area contributed by atoms with Gasteiger partial charge < -0.3 is 9.90 Å². The number of aldehydes is 1. The molecule has 1 aliphatic rings. The minimum atomic E-state index is -0.854. The third kappa shape index (κ3) is 2.84. The van der Waals surface area contributed by atoms with Crippen LogP contribution in [-0.4, -0.2) is 34.8 Å². The van der Waals surface area contributed by atoms with Crippen molar-refractivity contribution in [1.29, 1.82) is 0 Å². The van der Waals surface area contributed by atoms with E-state index < -0.39 is 11.4 Å². The molecule has 0 unspecified atom stereocenters. The Hall–Kier alpha value is -1.68. The summed E-state index contributed by atoms with van der Waals surface area (Å²) in [5, 5.41) is 9.21. The predicted octanol–water partition coefficient (Wildman–Crippen LogP) is 1.72. The largest absolute Gasteiger partial charge is 0.481 e. The second kappa shape index (κ2) is 5.13. The van der Waals surface area contributed by atoms with Crippen LogP contribution in [-0.2, 0) is 22.6 Å². The van der Waals surface area contributed by atoms with Crippen molar-refractivity contribution >= 4 is 12.3 Å². The number of fused-ring (bicyclic) bond motifs is 1. The number of hydrogen-bond acceptors (Lipinski definition) is 3. The first-order valence-electron chi connectivity index (χ1n) is 6.43. The summed E-state index contributed by atoms with van der Waals surface area (Å²) in [6.07, 6.45) is 1.59. The van der Waals surface area contributed by atoms with Gasteiger partial charge in [-0.25, -0.2) is 0 Å². The third-order valence-electron chi connectivity index (χ3n) is 3.72. The van der Waals surface area contributed by atoms with Crippen LogP contribution in [0.3, 0.4) is 0 Å². The van der Waals surface area contributed by atoms with Gasteiger partial charge in [0.05, 0.1) is 11.5 Å². The van der Waals surface area contributed by atoms with Crippen LogP contribution in [0.15, 0.2) is 24.3 Å². The summed E-state index contributed by atoms with van der Waals surface area (Å²) in [5.74, 6) is -0.837. The molecule has 0 radical (unpaired) electrons. The average Bonchev–Trinajstić information content (AvgIpc) is 2.37. The van der Waals surface area contributed by atoms with E-state index in [4.69, 9.17) is 0 Å². The van der Waals surface area contributed by atoms with Gasteiger partial charge in [0.25, 0.3) is 0 Å². The number of nitrogens with zero attached hydrogens (tertiary/aromatic N) is 1. The molecule has 0 saturated carbocycles. The number of hydrogen-bond donors (Lipinski definition) is 1. The standard InChI is InChI=1S/C15H19NO3/c1-15(2,14(18)19)10-16-8-12-6-4-3-5-11(12)7-13(16)9-17/h3-6,9,13H,7-8,10H2,1-2H3,(H,18,19)/t13-/m0/s1. The van der Waals surface area contributed by atoms with E-state index in [2.05, 4.69) is 0 Å². The molecule has 19 heavy (non-hydrogen) atoms. The highest BCUT2D eigenvalue weighted by molar-refractivity contribution is 5.74. The first-order valence-corrected chi connectivity index (χ1v) is 6.43. The van der Waals surface area contributed by atoms with Crippen molar-refractivity contribution < 1.29 is 14.7 Å². The molecule has 1 aromatic rings. The lowest BCUT2D eigenvalue weighted by molar-refractivity contribution is -0.148. The number of carboxylic acids is 1. The Bertz CT molecular complexity index is 496. The van der Waals surface area contributed by atoms with Gasteiger partial charge in [-0.05, 0) is 31.4 Å². The molecule has 0 amide bonds. The minimum absolute atomic E-state index is 0.228. The monoisotopic (exact) mass is 261 g/mol. The zero-order valence-electron chi connectivity index (χ0n) is 11.3. The SMILES string of the molecule is CC(C)(CN1Cc2ccccc2C[C@H]1C=O)C(=O)O. The molecule has 0 bridgehead atoms. The molecule has 1 aromatic carbocycles. The van der Waals surface area contributed by atoms with Gasteiger partial charge in [0.1, 0.15) is 6.29 Å². The molecule has 1 heterocycles. The van der Waals surface area contributed by atoms with Crippen molar-refractivity contribution in [2.45, 2.75) is 32.9 Å². The Kier molecular flexibility index (Phi) is 3.71. The molecule has 0 aliphatic carbocycles. The predicted molar refractivity (Wildman–Crippen MR) is 71.8 cm³/mol. The highest BCUT2D eigenvalue weighted by Crippen LogP contribution is 2.26. The second-order valence-electron chi connectivity index (χ2n) is 5.77. The number of carbonyl (C=O) groups excluding carboxylic acids is 1. The Morgan fingerprint density at radius 1 is 1.42 bits per heavy atom.